The van der Waals surface area contributed by atoms with Gasteiger partial charge in [-0.05, 0) is 26.4 Å². The average Bonchev–Trinajstić information content (AvgIpc) is 3.09. The Bertz CT molecular complexity index is 762. The van der Waals surface area contributed by atoms with Crippen LogP contribution in [0.3, 0.4) is 0 Å². The maximum absolute atomic E-state index is 10.5. The first-order valence-corrected chi connectivity index (χ1v) is 9.83. The number of benzene rings is 2. The molecular weight excluding hydrogens is 334 g/mol. The number of ether oxygens (including phenoxy) is 1. The van der Waals surface area contributed by atoms with Gasteiger partial charge in [0.15, 0.2) is 0 Å². The number of nitrogens with zero attached hydrogens (tertiary/aromatic N) is 1. The van der Waals surface area contributed by atoms with Gasteiger partial charge in [0.05, 0.1) is 18.9 Å². The second-order valence-corrected chi connectivity index (χ2v) is 7.74. The molecule has 0 aliphatic carbocycles. The van der Waals surface area contributed by atoms with E-state index in [0.717, 1.165) is 72.7 Å². The van der Waals surface area contributed by atoms with Crippen LogP contribution >= 0.6 is 11.8 Å². The van der Waals surface area contributed by atoms with Crippen molar-refractivity contribution < 1.29 is 9.84 Å². The summed E-state index contributed by atoms with van der Waals surface area (Å²) < 4.78 is 5.39. The SMILES string of the molecule is Cc1c2c(c3ccccc3c1O)NC(NCCCN1CCOCC1)S2. The molecule has 2 aromatic carbocycles. The van der Waals surface area contributed by atoms with Gasteiger partial charge in [0.25, 0.3) is 0 Å². The summed E-state index contributed by atoms with van der Waals surface area (Å²) in [5, 5.41) is 19.7. The summed E-state index contributed by atoms with van der Waals surface area (Å²) in [7, 11) is 0. The second kappa shape index (κ2) is 7.41. The summed E-state index contributed by atoms with van der Waals surface area (Å²) in [4.78, 5) is 3.62. The lowest BCUT2D eigenvalue weighted by Crippen LogP contribution is -2.38. The van der Waals surface area contributed by atoms with Crippen molar-refractivity contribution in [2.24, 2.45) is 0 Å². The van der Waals surface area contributed by atoms with Crippen LogP contribution in [0.2, 0.25) is 0 Å². The summed E-state index contributed by atoms with van der Waals surface area (Å²) in [6.07, 6.45) is 1.13. The summed E-state index contributed by atoms with van der Waals surface area (Å²) in [5.41, 5.74) is 2.26. The highest BCUT2D eigenvalue weighted by atomic mass is 32.2. The van der Waals surface area contributed by atoms with Crippen molar-refractivity contribution >= 4 is 28.2 Å². The molecule has 1 unspecified atom stereocenters. The largest absolute Gasteiger partial charge is 0.507 e. The van der Waals surface area contributed by atoms with Gasteiger partial charge in [-0.15, -0.1) is 0 Å². The molecule has 25 heavy (non-hydrogen) atoms. The standard InChI is InChI=1S/C19H25N3O2S/c1-13-17(23)15-6-3-2-5-14(15)16-18(13)25-19(21-16)20-7-4-8-22-9-11-24-12-10-22/h2-3,5-6,19-21,23H,4,7-12H2,1H3. The number of phenolic OH excluding ortho intramolecular Hbond substituents is 1. The Hall–Kier alpha value is -1.47. The van der Waals surface area contributed by atoms with E-state index in [2.05, 4.69) is 21.6 Å². The number of thioether (sulfide) groups is 1. The van der Waals surface area contributed by atoms with Crippen molar-refractivity contribution in [3.63, 3.8) is 0 Å². The van der Waals surface area contributed by atoms with Gasteiger partial charge in [-0.2, -0.15) is 0 Å². The summed E-state index contributed by atoms with van der Waals surface area (Å²) >= 11 is 1.76. The Morgan fingerprint density at radius 2 is 2.04 bits per heavy atom. The van der Waals surface area contributed by atoms with Crippen molar-refractivity contribution in [1.82, 2.24) is 10.2 Å². The number of nitrogens with one attached hydrogen (secondary N) is 2. The minimum Gasteiger partial charge on any atom is -0.507 e. The number of anilines is 1. The number of fused-ring (bicyclic) bond motifs is 3. The number of morpholine rings is 1. The second-order valence-electron chi connectivity index (χ2n) is 6.63. The molecule has 1 fully saturated rings. The van der Waals surface area contributed by atoms with Crippen molar-refractivity contribution in [2.75, 3.05) is 44.7 Å². The molecule has 0 aromatic heterocycles. The van der Waals surface area contributed by atoms with Crippen LogP contribution in [0.4, 0.5) is 5.69 Å². The molecule has 2 aliphatic rings. The summed E-state index contributed by atoms with van der Waals surface area (Å²) in [5.74, 6) is 0.400. The number of aromatic hydroxyl groups is 1. The van der Waals surface area contributed by atoms with E-state index in [1.165, 1.54) is 0 Å². The molecule has 0 radical (unpaired) electrons. The fourth-order valence-electron chi connectivity index (χ4n) is 3.55. The molecule has 0 amide bonds. The van der Waals surface area contributed by atoms with Crippen LogP contribution in [0.25, 0.3) is 10.8 Å². The number of phenols is 1. The predicted octanol–water partition coefficient (Wildman–Crippen LogP) is 2.97. The van der Waals surface area contributed by atoms with E-state index in [1.54, 1.807) is 11.8 Å². The zero-order valence-corrected chi connectivity index (χ0v) is 15.4. The minimum absolute atomic E-state index is 0.156. The van der Waals surface area contributed by atoms with Gasteiger partial charge >= 0.3 is 0 Å². The molecule has 1 saturated heterocycles. The highest BCUT2D eigenvalue weighted by Crippen LogP contribution is 2.48. The third-order valence-corrected chi connectivity index (χ3v) is 6.24. The van der Waals surface area contributed by atoms with Crippen LogP contribution in [-0.2, 0) is 4.74 Å². The van der Waals surface area contributed by atoms with Gasteiger partial charge < -0.3 is 15.2 Å². The molecule has 0 bridgehead atoms. The smallest absolute Gasteiger partial charge is 0.130 e. The van der Waals surface area contributed by atoms with E-state index in [4.69, 9.17) is 4.74 Å². The van der Waals surface area contributed by atoms with Crippen LogP contribution in [0.5, 0.6) is 5.75 Å². The molecule has 2 heterocycles. The quantitative estimate of drug-likeness (QED) is 0.564. The number of hydrogen-bond donors (Lipinski definition) is 3. The molecule has 0 saturated carbocycles. The van der Waals surface area contributed by atoms with Gasteiger partial charge in [-0.1, -0.05) is 36.0 Å². The Balaban J connectivity index is 1.38. The van der Waals surface area contributed by atoms with Gasteiger partial charge in [0.2, 0.25) is 0 Å². The molecule has 4 rings (SSSR count). The lowest BCUT2D eigenvalue weighted by atomic mass is 10.0. The van der Waals surface area contributed by atoms with Crippen LogP contribution in [0, 0.1) is 6.92 Å². The lowest BCUT2D eigenvalue weighted by molar-refractivity contribution is 0.0374. The van der Waals surface area contributed by atoms with E-state index in [-0.39, 0.29) is 5.50 Å². The Morgan fingerprint density at radius 1 is 1.28 bits per heavy atom. The molecule has 1 atom stereocenters. The maximum Gasteiger partial charge on any atom is 0.130 e. The van der Waals surface area contributed by atoms with Crippen molar-refractivity contribution in [1.29, 1.82) is 0 Å². The van der Waals surface area contributed by atoms with Crippen LogP contribution in [0.15, 0.2) is 29.2 Å². The summed E-state index contributed by atoms with van der Waals surface area (Å²) in [6, 6.07) is 8.04. The van der Waals surface area contributed by atoms with Crippen molar-refractivity contribution in [3.8, 4) is 5.75 Å². The highest BCUT2D eigenvalue weighted by molar-refractivity contribution is 8.00. The van der Waals surface area contributed by atoms with E-state index in [0.29, 0.717) is 5.75 Å². The first-order valence-electron chi connectivity index (χ1n) is 8.95. The first kappa shape index (κ1) is 17.0. The minimum atomic E-state index is 0.156. The first-order chi connectivity index (χ1) is 12.2. The highest BCUT2D eigenvalue weighted by Gasteiger charge is 2.27. The Labute approximate surface area is 152 Å². The molecule has 134 valence electrons. The van der Waals surface area contributed by atoms with Crippen LogP contribution in [0.1, 0.15) is 12.0 Å². The van der Waals surface area contributed by atoms with Gasteiger partial charge in [-0.25, -0.2) is 0 Å². The third-order valence-electron chi connectivity index (χ3n) is 4.97. The van der Waals surface area contributed by atoms with Gasteiger partial charge in [0, 0.05) is 34.3 Å². The topological polar surface area (TPSA) is 56.8 Å². The van der Waals surface area contributed by atoms with E-state index in [1.807, 2.05) is 25.1 Å². The normalized spacial score (nSPS) is 20.6. The lowest BCUT2D eigenvalue weighted by Gasteiger charge is -2.26. The van der Waals surface area contributed by atoms with Crippen molar-refractivity contribution in [2.45, 2.75) is 23.7 Å². The summed E-state index contributed by atoms with van der Waals surface area (Å²) in [6.45, 7) is 7.90. The van der Waals surface area contributed by atoms with Crippen LogP contribution in [-0.4, -0.2) is 54.9 Å². The van der Waals surface area contributed by atoms with E-state index < -0.39 is 0 Å². The zero-order valence-electron chi connectivity index (χ0n) is 14.5. The molecule has 5 nitrogen and oxygen atoms in total. The third kappa shape index (κ3) is 3.44. The Morgan fingerprint density at radius 3 is 2.84 bits per heavy atom. The van der Waals surface area contributed by atoms with E-state index in [9.17, 15) is 5.11 Å². The fraction of sp³-hybridized carbons (Fsp3) is 0.474. The molecule has 0 spiro atoms. The monoisotopic (exact) mass is 359 g/mol. The molecular formula is C19H25N3O2S. The predicted molar refractivity (Wildman–Crippen MR) is 103 cm³/mol. The molecule has 2 aromatic rings. The van der Waals surface area contributed by atoms with Crippen LogP contribution < -0.4 is 10.6 Å². The zero-order chi connectivity index (χ0) is 17.2. The molecule has 6 heteroatoms. The van der Waals surface area contributed by atoms with Crippen molar-refractivity contribution in [3.05, 3.63) is 29.8 Å². The average molecular weight is 359 g/mol. The number of rotatable bonds is 5. The maximum atomic E-state index is 10.5. The fourth-order valence-corrected chi connectivity index (χ4v) is 4.72. The molecule has 3 N–H and O–H groups in total. The molecule has 2 aliphatic heterocycles. The van der Waals surface area contributed by atoms with E-state index >= 15 is 0 Å². The Kier molecular flexibility index (Phi) is 5.03. The van der Waals surface area contributed by atoms with Gasteiger partial charge in [-0.3, -0.25) is 10.2 Å². The van der Waals surface area contributed by atoms with Gasteiger partial charge in [0.1, 0.15) is 11.2 Å². The number of hydrogen-bond acceptors (Lipinski definition) is 6.